The van der Waals surface area contributed by atoms with Gasteiger partial charge in [-0.25, -0.2) is 4.79 Å². The van der Waals surface area contributed by atoms with E-state index in [1.165, 1.54) is 0 Å². The van der Waals surface area contributed by atoms with Gasteiger partial charge in [0.2, 0.25) is 5.91 Å². The minimum absolute atomic E-state index is 0.0233. The number of para-hydroxylation sites is 1. The first kappa shape index (κ1) is 18.0. The van der Waals surface area contributed by atoms with Crippen LogP contribution in [0.15, 0.2) is 48.5 Å². The Hall–Kier alpha value is -2.82. The van der Waals surface area contributed by atoms with Gasteiger partial charge in [0.15, 0.2) is 0 Å². The molecule has 1 amide bonds. The van der Waals surface area contributed by atoms with Gasteiger partial charge in [-0.2, -0.15) is 0 Å². The van der Waals surface area contributed by atoms with E-state index in [-0.39, 0.29) is 23.1 Å². The first-order valence-corrected chi connectivity index (χ1v) is 8.74. The van der Waals surface area contributed by atoms with E-state index in [4.69, 9.17) is 9.84 Å². The Labute approximate surface area is 153 Å². The van der Waals surface area contributed by atoms with Crippen molar-refractivity contribution in [1.29, 1.82) is 0 Å². The molecule has 2 aromatic carbocycles. The van der Waals surface area contributed by atoms with Crippen LogP contribution in [0.3, 0.4) is 0 Å². The summed E-state index contributed by atoms with van der Waals surface area (Å²) in [7, 11) is 0. The lowest BCUT2D eigenvalue weighted by Gasteiger charge is -2.37. The second kappa shape index (κ2) is 7.20. The van der Waals surface area contributed by atoms with E-state index in [9.17, 15) is 9.59 Å². The van der Waals surface area contributed by atoms with Gasteiger partial charge >= 0.3 is 5.97 Å². The van der Waals surface area contributed by atoms with Crippen LogP contribution in [-0.2, 0) is 11.2 Å². The van der Waals surface area contributed by atoms with Crippen molar-refractivity contribution in [2.24, 2.45) is 0 Å². The minimum atomic E-state index is -0.949. The summed E-state index contributed by atoms with van der Waals surface area (Å²) < 4.78 is 5.99. The van der Waals surface area contributed by atoms with Gasteiger partial charge in [0.1, 0.15) is 11.4 Å². The Bertz CT molecular complexity index is 811. The molecule has 3 rings (SSSR count). The van der Waals surface area contributed by atoms with Crippen molar-refractivity contribution in [3.63, 3.8) is 0 Å². The molecule has 1 aliphatic heterocycles. The van der Waals surface area contributed by atoms with Crippen LogP contribution in [0.2, 0.25) is 0 Å². The highest BCUT2D eigenvalue weighted by Crippen LogP contribution is 2.39. The summed E-state index contributed by atoms with van der Waals surface area (Å²) in [6.45, 7) is 4.04. The molecule has 2 N–H and O–H groups in total. The molecule has 1 unspecified atom stereocenters. The zero-order valence-corrected chi connectivity index (χ0v) is 15.0. The predicted octanol–water partition coefficient (Wildman–Crippen LogP) is 3.74. The van der Waals surface area contributed by atoms with Gasteiger partial charge in [-0.15, -0.1) is 0 Å². The lowest BCUT2D eigenvalue weighted by Crippen LogP contribution is -2.41. The monoisotopic (exact) mass is 353 g/mol. The highest BCUT2D eigenvalue weighted by atomic mass is 16.5. The standard InChI is InChI=1S/C21H23NO4/c1-21(2)13-17(16-5-3-4-6-18(16)26-21)22-19(23)12-9-14-7-10-15(11-8-14)20(24)25/h3-8,10-11,17H,9,12-13H2,1-2H3,(H,22,23)(H,24,25). The Morgan fingerprint density at radius 3 is 2.54 bits per heavy atom. The van der Waals surface area contributed by atoms with Crippen LogP contribution in [0.5, 0.6) is 5.75 Å². The Morgan fingerprint density at radius 2 is 1.85 bits per heavy atom. The number of benzene rings is 2. The molecule has 1 aliphatic rings. The van der Waals surface area contributed by atoms with E-state index >= 15 is 0 Å². The molecule has 0 bridgehead atoms. The number of amides is 1. The predicted molar refractivity (Wildman–Crippen MR) is 98.4 cm³/mol. The number of aromatic carboxylic acids is 1. The van der Waals surface area contributed by atoms with Gasteiger partial charge in [-0.1, -0.05) is 30.3 Å². The number of hydrogen-bond acceptors (Lipinski definition) is 3. The molecule has 26 heavy (non-hydrogen) atoms. The van der Waals surface area contributed by atoms with Gasteiger partial charge in [0.25, 0.3) is 0 Å². The fourth-order valence-corrected chi connectivity index (χ4v) is 3.27. The zero-order chi connectivity index (χ0) is 18.7. The van der Waals surface area contributed by atoms with Gasteiger partial charge < -0.3 is 15.2 Å². The van der Waals surface area contributed by atoms with Gasteiger partial charge in [-0.05, 0) is 44.0 Å². The lowest BCUT2D eigenvalue weighted by molar-refractivity contribution is -0.122. The SMILES string of the molecule is CC1(C)CC(NC(=O)CCc2ccc(C(=O)O)cc2)c2ccccc2O1. The third-order valence-electron chi connectivity index (χ3n) is 4.55. The molecule has 2 aromatic rings. The van der Waals surface area contributed by atoms with Crippen molar-refractivity contribution in [2.45, 2.75) is 44.8 Å². The lowest BCUT2D eigenvalue weighted by atomic mass is 9.89. The van der Waals surface area contributed by atoms with Crippen molar-refractivity contribution in [1.82, 2.24) is 5.32 Å². The van der Waals surface area contributed by atoms with Crippen molar-refractivity contribution in [3.05, 3.63) is 65.2 Å². The van der Waals surface area contributed by atoms with E-state index < -0.39 is 5.97 Å². The number of carbonyl (C=O) groups excluding carboxylic acids is 1. The maximum absolute atomic E-state index is 12.4. The van der Waals surface area contributed by atoms with E-state index in [0.29, 0.717) is 19.3 Å². The maximum atomic E-state index is 12.4. The fraction of sp³-hybridized carbons (Fsp3) is 0.333. The Morgan fingerprint density at radius 1 is 1.15 bits per heavy atom. The molecule has 1 atom stereocenters. The molecule has 1 heterocycles. The molecule has 5 heteroatoms. The molecular formula is C21H23NO4. The van der Waals surface area contributed by atoms with Crippen LogP contribution in [0.1, 0.15) is 54.2 Å². The van der Waals surface area contributed by atoms with Crippen LogP contribution in [-0.4, -0.2) is 22.6 Å². The summed E-state index contributed by atoms with van der Waals surface area (Å²) in [5.74, 6) is -0.154. The third kappa shape index (κ3) is 4.23. The molecule has 0 radical (unpaired) electrons. The molecular weight excluding hydrogens is 330 g/mol. The number of carboxylic acids is 1. The van der Waals surface area contributed by atoms with Crippen LogP contribution in [0, 0.1) is 0 Å². The quantitative estimate of drug-likeness (QED) is 0.859. The smallest absolute Gasteiger partial charge is 0.335 e. The molecule has 0 aromatic heterocycles. The van der Waals surface area contributed by atoms with Crippen LogP contribution in [0.25, 0.3) is 0 Å². The average Bonchev–Trinajstić information content (AvgIpc) is 2.59. The minimum Gasteiger partial charge on any atom is -0.487 e. The molecule has 0 saturated carbocycles. The number of carboxylic acid groups (broad SMARTS) is 1. The number of aryl methyl sites for hydroxylation is 1. The van der Waals surface area contributed by atoms with Gasteiger partial charge in [0, 0.05) is 18.4 Å². The second-order valence-electron chi connectivity index (χ2n) is 7.23. The average molecular weight is 353 g/mol. The topological polar surface area (TPSA) is 75.6 Å². The van der Waals surface area contributed by atoms with Crippen molar-refractivity contribution < 1.29 is 19.4 Å². The van der Waals surface area contributed by atoms with E-state index in [1.807, 2.05) is 38.1 Å². The number of fused-ring (bicyclic) bond motifs is 1. The number of rotatable bonds is 5. The highest BCUT2D eigenvalue weighted by molar-refractivity contribution is 5.87. The number of carbonyl (C=O) groups is 2. The van der Waals surface area contributed by atoms with Crippen LogP contribution in [0.4, 0.5) is 0 Å². The summed E-state index contributed by atoms with van der Waals surface area (Å²) in [4.78, 5) is 23.3. The normalized spacial score (nSPS) is 17.7. The molecule has 0 spiro atoms. The van der Waals surface area contributed by atoms with Crippen LogP contribution < -0.4 is 10.1 Å². The molecule has 0 fully saturated rings. The summed E-state index contributed by atoms with van der Waals surface area (Å²) in [6.07, 6.45) is 1.63. The first-order valence-electron chi connectivity index (χ1n) is 8.74. The van der Waals surface area contributed by atoms with Crippen LogP contribution >= 0.6 is 0 Å². The highest BCUT2D eigenvalue weighted by Gasteiger charge is 2.34. The summed E-state index contributed by atoms with van der Waals surface area (Å²) >= 11 is 0. The van der Waals surface area contributed by atoms with E-state index in [0.717, 1.165) is 16.9 Å². The molecule has 0 aliphatic carbocycles. The molecule has 0 saturated heterocycles. The van der Waals surface area contributed by atoms with E-state index in [1.54, 1.807) is 24.3 Å². The Kier molecular flexibility index (Phi) is 4.98. The van der Waals surface area contributed by atoms with Crippen molar-refractivity contribution >= 4 is 11.9 Å². The number of nitrogens with one attached hydrogen (secondary N) is 1. The van der Waals surface area contributed by atoms with Gasteiger partial charge in [0.05, 0.1) is 11.6 Å². The number of ether oxygens (including phenoxy) is 1. The molecule has 136 valence electrons. The first-order chi connectivity index (χ1) is 12.3. The second-order valence-corrected chi connectivity index (χ2v) is 7.23. The maximum Gasteiger partial charge on any atom is 0.335 e. The van der Waals surface area contributed by atoms with E-state index in [2.05, 4.69) is 5.32 Å². The number of hydrogen-bond donors (Lipinski definition) is 2. The molecule has 5 nitrogen and oxygen atoms in total. The summed E-state index contributed by atoms with van der Waals surface area (Å²) in [6, 6.07) is 14.4. The zero-order valence-electron chi connectivity index (χ0n) is 15.0. The Balaban J connectivity index is 1.62. The van der Waals surface area contributed by atoms with Crippen molar-refractivity contribution in [2.75, 3.05) is 0 Å². The third-order valence-corrected chi connectivity index (χ3v) is 4.55. The van der Waals surface area contributed by atoms with Gasteiger partial charge in [-0.3, -0.25) is 4.79 Å². The summed E-state index contributed by atoms with van der Waals surface area (Å²) in [5.41, 5.74) is 1.86. The fourth-order valence-electron chi connectivity index (χ4n) is 3.27. The largest absolute Gasteiger partial charge is 0.487 e. The summed E-state index contributed by atoms with van der Waals surface area (Å²) in [5, 5.41) is 12.0. The van der Waals surface area contributed by atoms with Crippen molar-refractivity contribution in [3.8, 4) is 5.75 Å².